The summed E-state index contributed by atoms with van der Waals surface area (Å²) < 4.78 is 35.9. The fraction of sp³-hybridized carbons (Fsp3) is 0.379. The highest BCUT2D eigenvalue weighted by Gasteiger charge is 2.34. The molecule has 0 fully saturated rings. The van der Waals surface area contributed by atoms with Crippen molar-refractivity contribution in [2.45, 2.75) is 64.7 Å². The van der Waals surface area contributed by atoms with Crippen molar-refractivity contribution in [3.05, 3.63) is 71.5 Å². The SMILES string of the molecule is CCc1ccc(S(=O)(=O)Nc2cc3c4c(oc3c3ccccc23)CCC(C(C)(C)CC)C4)cc1. The van der Waals surface area contributed by atoms with Crippen LogP contribution in [0.5, 0.6) is 0 Å². The first kappa shape index (κ1) is 23.0. The van der Waals surface area contributed by atoms with E-state index >= 15 is 0 Å². The van der Waals surface area contributed by atoms with E-state index in [9.17, 15) is 8.42 Å². The molecular weight excluding hydrogens is 442 g/mol. The minimum atomic E-state index is -3.72. The Labute approximate surface area is 202 Å². The van der Waals surface area contributed by atoms with Crippen LogP contribution in [0, 0.1) is 11.3 Å². The Kier molecular flexibility index (Phi) is 5.71. The van der Waals surface area contributed by atoms with Gasteiger partial charge in [-0.2, -0.15) is 0 Å². The molecular formula is C29H33NO3S. The smallest absolute Gasteiger partial charge is 0.261 e. The largest absolute Gasteiger partial charge is 0.460 e. The number of hydrogen-bond acceptors (Lipinski definition) is 3. The van der Waals surface area contributed by atoms with Gasteiger partial charge in [0, 0.05) is 28.1 Å². The quantitative estimate of drug-likeness (QED) is 0.314. The van der Waals surface area contributed by atoms with Gasteiger partial charge in [0.2, 0.25) is 0 Å². The fourth-order valence-corrected chi connectivity index (χ4v) is 6.32. The maximum atomic E-state index is 13.3. The van der Waals surface area contributed by atoms with E-state index in [2.05, 4.69) is 32.4 Å². The first-order valence-electron chi connectivity index (χ1n) is 12.3. The van der Waals surface area contributed by atoms with Crippen LogP contribution in [0.3, 0.4) is 0 Å². The van der Waals surface area contributed by atoms with Crippen molar-refractivity contribution in [1.29, 1.82) is 0 Å². The van der Waals surface area contributed by atoms with Crippen LogP contribution in [0.15, 0.2) is 63.9 Å². The summed E-state index contributed by atoms with van der Waals surface area (Å²) in [5, 5.41) is 2.82. The summed E-state index contributed by atoms with van der Waals surface area (Å²) in [6.45, 7) is 9.02. The number of benzene rings is 3. The fourth-order valence-electron chi connectivity index (χ4n) is 5.25. The third-order valence-electron chi connectivity index (χ3n) is 7.96. The molecule has 0 aliphatic heterocycles. The summed E-state index contributed by atoms with van der Waals surface area (Å²) >= 11 is 0. The standard InChI is InChI=1S/C29H33NO3S/c1-5-19-11-14-21(15-12-19)34(31,32)30-26-18-25-24-17-20(29(3,4)6-2)13-16-27(24)33-28(25)23-10-8-7-9-22(23)26/h7-12,14-15,18,20,30H,5-6,13,16-17H2,1-4H3. The van der Waals surface area contributed by atoms with Crippen molar-refractivity contribution in [3.8, 4) is 0 Å². The van der Waals surface area contributed by atoms with Crippen LogP contribution in [-0.4, -0.2) is 8.42 Å². The van der Waals surface area contributed by atoms with Crippen molar-refractivity contribution in [2.24, 2.45) is 11.3 Å². The van der Waals surface area contributed by atoms with E-state index in [1.807, 2.05) is 42.5 Å². The second-order valence-electron chi connectivity index (χ2n) is 10.2. The van der Waals surface area contributed by atoms with Crippen LogP contribution in [0.2, 0.25) is 0 Å². The van der Waals surface area contributed by atoms with E-state index in [1.54, 1.807) is 12.1 Å². The van der Waals surface area contributed by atoms with Gasteiger partial charge in [0.15, 0.2) is 0 Å². The average Bonchev–Trinajstić information content (AvgIpc) is 3.22. The van der Waals surface area contributed by atoms with E-state index in [-0.39, 0.29) is 10.3 Å². The Hall–Kier alpha value is -2.79. The lowest BCUT2D eigenvalue weighted by molar-refractivity contribution is 0.179. The molecule has 5 rings (SSSR count). The molecule has 0 radical (unpaired) electrons. The number of anilines is 1. The molecule has 4 nitrogen and oxygen atoms in total. The summed E-state index contributed by atoms with van der Waals surface area (Å²) in [4.78, 5) is 0.271. The number of rotatable bonds is 6. The highest BCUT2D eigenvalue weighted by molar-refractivity contribution is 7.92. The van der Waals surface area contributed by atoms with Gasteiger partial charge < -0.3 is 4.42 Å². The van der Waals surface area contributed by atoms with E-state index in [4.69, 9.17) is 4.42 Å². The Morgan fingerprint density at radius 2 is 1.71 bits per heavy atom. The second-order valence-corrected chi connectivity index (χ2v) is 11.9. The monoisotopic (exact) mass is 475 g/mol. The maximum absolute atomic E-state index is 13.3. The van der Waals surface area contributed by atoms with Crippen molar-refractivity contribution < 1.29 is 12.8 Å². The molecule has 1 atom stereocenters. The molecule has 1 aliphatic rings. The van der Waals surface area contributed by atoms with Crippen LogP contribution in [-0.2, 0) is 29.3 Å². The van der Waals surface area contributed by atoms with Gasteiger partial charge >= 0.3 is 0 Å². The van der Waals surface area contributed by atoms with Gasteiger partial charge in [-0.1, -0.05) is 70.5 Å². The second kappa shape index (κ2) is 8.46. The van der Waals surface area contributed by atoms with Gasteiger partial charge in [-0.15, -0.1) is 0 Å². The molecule has 1 heterocycles. The highest BCUT2D eigenvalue weighted by Crippen LogP contribution is 2.45. The third-order valence-corrected chi connectivity index (χ3v) is 9.34. The van der Waals surface area contributed by atoms with Gasteiger partial charge in [-0.05, 0) is 54.4 Å². The zero-order chi connectivity index (χ0) is 24.1. The Morgan fingerprint density at radius 1 is 1.00 bits per heavy atom. The van der Waals surface area contributed by atoms with Crippen molar-refractivity contribution in [3.63, 3.8) is 0 Å². The summed E-state index contributed by atoms with van der Waals surface area (Å²) in [5.41, 5.74) is 4.08. The van der Waals surface area contributed by atoms with Gasteiger partial charge in [0.05, 0.1) is 10.6 Å². The van der Waals surface area contributed by atoms with E-state index in [1.165, 1.54) is 5.56 Å². The average molecular weight is 476 g/mol. The summed E-state index contributed by atoms with van der Waals surface area (Å²) in [6.07, 6.45) is 5.02. The first-order chi connectivity index (χ1) is 16.2. The highest BCUT2D eigenvalue weighted by atomic mass is 32.2. The maximum Gasteiger partial charge on any atom is 0.261 e. The summed E-state index contributed by atoms with van der Waals surface area (Å²) in [6, 6.07) is 17.0. The van der Waals surface area contributed by atoms with Gasteiger partial charge in [0.1, 0.15) is 11.3 Å². The van der Waals surface area contributed by atoms with Crippen LogP contribution in [0.25, 0.3) is 21.7 Å². The number of hydrogen-bond donors (Lipinski definition) is 1. The van der Waals surface area contributed by atoms with Crippen LogP contribution in [0.1, 0.15) is 57.4 Å². The molecule has 1 N–H and O–H groups in total. The van der Waals surface area contributed by atoms with E-state index in [0.717, 1.165) is 65.2 Å². The van der Waals surface area contributed by atoms with Crippen LogP contribution in [0.4, 0.5) is 5.69 Å². The third kappa shape index (κ3) is 3.90. The molecule has 1 aromatic heterocycles. The van der Waals surface area contributed by atoms with Crippen LogP contribution < -0.4 is 4.72 Å². The van der Waals surface area contributed by atoms with Crippen LogP contribution >= 0.6 is 0 Å². The van der Waals surface area contributed by atoms with E-state index in [0.29, 0.717) is 11.6 Å². The van der Waals surface area contributed by atoms with Crippen molar-refractivity contribution >= 4 is 37.5 Å². The van der Waals surface area contributed by atoms with E-state index < -0.39 is 10.0 Å². The molecule has 5 heteroatoms. The number of aryl methyl sites for hydroxylation is 2. The van der Waals surface area contributed by atoms with Crippen molar-refractivity contribution in [2.75, 3.05) is 4.72 Å². The normalized spacial score (nSPS) is 16.6. The minimum absolute atomic E-state index is 0.257. The summed E-state index contributed by atoms with van der Waals surface area (Å²) in [7, 11) is -3.72. The van der Waals surface area contributed by atoms with Crippen molar-refractivity contribution in [1.82, 2.24) is 0 Å². The lowest BCUT2D eigenvalue weighted by Gasteiger charge is -2.36. The predicted octanol–water partition coefficient (Wildman–Crippen LogP) is 7.49. The number of nitrogens with one attached hydrogen (secondary N) is 1. The van der Waals surface area contributed by atoms with Gasteiger partial charge in [-0.3, -0.25) is 4.72 Å². The topological polar surface area (TPSA) is 59.3 Å². The number of sulfonamides is 1. The predicted molar refractivity (Wildman–Crippen MR) is 140 cm³/mol. The molecule has 178 valence electrons. The molecule has 0 saturated heterocycles. The molecule has 0 saturated carbocycles. The molecule has 4 aromatic rings. The zero-order valence-electron chi connectivity index (χ0n) is 20.4. The Bertz CT molecular complexity index is 1460. The minimum Gasteiger partial charge on any atom is -0.460 e. The summed E-state index contributed by atoms with van der Waals surface area (Å²) in [5.74, 6) is 1.63. The Morgan fingerprint density at radius 3 is 2.38 bits per heavy atom. The van der Waals surface area contributed by atoms with Gasteiger partial charge in [-0.25, -0.2) is 8.42 Å². The molecule has 34 heavy (non-hydrogen) atoms. The molecule has 0 amide bonds. The molecule has 1 unspecified atom stereocenters. The number of furan rings is 1. The molecule has 1 aliphatic carbocycles. The lowest BCUT2D eigenvalue weighted by Crippen LogP contribution is -2.28. The molecule has 0 bridgehead atoms. The zero-order valence-corrected chi connectivity index (χ0v) is 21.3. The molecule has 3 aromatic carbocycles. The van der Waals surface area contributed by atoms with Gasteiger partial charge in [0.25, 0.3) is 10.0 Å². The first-order valence-corrected chi connectivity index (χ1v) is 13.8. The Balaban J connectivity index is 1.63. The lowest BCUT2D eigenvalue weighted by atomic mass is 9.69. The molecule has 0 spiro atoms. The number of fused-ring (bicyclic) bond motifs is 5.